The zero-order valence-corrected chi connectivity index (χ0v) is 15.1. The van der Waals surface area contributed by atoms with Gasteiger partial charge in [-0.2, -0.15) is 0 Å². The molecule has 0 radical (unpaired) electrons. The van der Waals surface area contributed by atoms with Gasteiger partial charge in [-0.3, -0.25) is 15.4 Å². The molecule has 1 N–H and O–H groups in total. The molecule has 1 aliphatic rings. The number of nitrogens with one attached hydrogen (secondary N) is 1. The third-order valence-electron chi connectivity index (χ3n) is 3.59. The van der Waals surface area contributed by atoms with Crippen LogP contribution in [0.25, 0.3) is 0 Å². The van der Waals surface area contributed by atoms with Crippen LogP contribution in [0.5, 0.6) is 0 Å². The Bertz CT molecular complexity index is 825. The standard InChI is InChI=1S/C16H17F4N3O5/c1-15(2,3)28-14(24)21-11-6-27-7-16(22-11,13(19)20)9-4-8(23(25)26)5-10(17)12(9)18/h4-5,13H,6-7H2,1-3H3,(H,21,22,24)/t16-/m0/s1. The highest BCUT2D eigenvalue weighted by Gasteiger charge is 2.48. The van der Waals surface area contributed by atoms with E-state index in [1.54, 1.807) is 20.8 Å². The second-order valence-electron chi connectivity index (χ2n) is 6.95. The molecule has 0 bridgehead atoms. The molecule has 2 rings (SSSR count). The molecule has 12 heteroatoms. The largest absolute Gasteiger partial charge is 0.444 e. The Balaban J connectivity index is 2.51. The van der Waals surface area contributed by atoms with Gasteiger partial charge in [-0.1, -0.05) is 0 Å². The van der Waals surface area contributed by atoms with E-state index in [2.05, 4.69) is 10.3 Å². The number of amidine groups is 1. The number of nitro benzene ring substituents is 1. The summed E-state index contributed by atoms with van der Waals surface area (Å²) >= 11 is 0. The lowest BCUT2D eigenvalue weighted by atomic mass is 9.89. The van der Waals surface area contributed by atoms with Gasteiger partial charge in [0.2, 0.25) is 0 Å². The van der Waals surface area contributed by atoms with Gasteiger partial charge in [-0.15, -0.1) is 0 Å². The van der Waals surface area contributed by atoms with Crippen molar-refractivity contribution in [1.29, 1.82) is 0 Å². The summed E-state index contributed by atoms with van der Waals surface area (Å²) in [7, 11) is 0. The van der Waals surface area contributed by atoms with Crippen LogP contribution in [0.3, 0.4) is 0 Å². The number of non-ortho nitro benzene ring substituents is 1. The van der Waals surface area contributed by atoms with Crippen LogP contribution in [0.15, 0.2) is 17.1 Å². The minimum atomic E-state index is -3.43. The molecular formula is C16H17F4N3O5. The number of benzene rings is 1. The summed E-state index contributed by atoms with van der Waals surface area (Å²) in [6.07, 6.45) is -4.45. The molecule has 28 heavy (non-hydrogen) atoms. The SMILES string of the molecule is CC(C)(C)OC(=O)NC1=N[C@@](c2cc([N+](=O)[O-])cc(F)c2F)(C(F)F)COC1. The number of amides is 1. The lowest BCUT2D eigenvalue weighted by molar-refractivity contribution is -0.385. The van der Waals surface area contributed by atoms with E-state index in [9.17, 15) is 32.5 Å². The van der Waals surface area contributed by atoms with Crippen LogP contribution in [0.4, 0.5) is 28.0 Å². The monoisotopic (exact) mass is 407 g/mol. The molecule has 0 saturated carbocycles. The maximum absolute atomic E-state index is 14.3. The maximum atomic E-state index is 14.3. The molecule has 1 aromatic carbocycles. The number of carbonyl (C=O) groups is 1. The van der Waals surface area contributed by atoms with Crippen LogP contribution in [-0.4, -0.2) is 42.1 Å². The second-order valence-corrected chi connectivity index (χ2v) is 6.95. The number of aliphatic imine (C=N–C) groups is 1. The number of rotatable bonds is 3. The second kappa shape index (κ2) is 7.70. The summed E-state index contributed by atoms with van der Waals surface area (Å²) in [5.41, 5.74) is -5.68. The predicted molar refractivity (Wildman–Crippen MR) is 88.3 cm³/mol. The van der Waals surface area contributed by atoms with Gasteiger partial charge < -0.3 is 9.47 Å². The van der Waals surface area contributed by atoms with Gasteiger partial charge in [0, 0.05) is 11.6 Å². The van der Waals surface area contributed by atoms with E-state index in [4.69, 9.17) is 9.47 Å². The van der Waals surface area contributed by atoms with E-state index in [0.717, 1.165) is 0 Å². The third-order valence-corrected chi connectivity index (χ3v) is 3.59. The van der Waals surface area contributed by atoms with Crippen LogP contribution in [0.2, 0.25) is 0 Å². The number of hydrogen-bond donors (Lipinski definition) is 1. The van der Waals surface area contributed by atoms with E-state index in [-0.39, 0.29) is 6.07 Å². The number of hydrogen-bond acceptors (Lipinski definition) is 6. The topological polar surface area (TPSA) is 103 Å². The van der Waals surface area contributed by atoms with Crippen molar-refractivity contribution in [3.05, 3.63) is 39.4 Å². The van der Waals surface area contributed by atoms with E-state index in [1.807, 2.05) is 0 Å². The van der Waals surface area contributed by atoms with Crippen LogP contribution in [0, 0.1) is 21.7 Å². The lowest BCUT2D eigenvalue weighted by Crippen LogP contribution is -2.48. The van der Waals surface area contributed by atoms with Gasteiger partial charge in [0.1, 0.15) is 18.0 Å². The first-order valence-electron chi connectivity index (χ1n) is 7.94. The van der Waals surface area contributed by atoms with Crippen molar-refractivity contribution in [2.45, 2.75) is 38.3 Å². The lowest BCUT2D eigenvalue weighted by Gasteiger charge is -2.34. The van der Waals surface area contributed by atoms with Gasteiger partial charge in [0.15, 0.2) is 17.2 Å². The molecule has 0 aromatic heterocycles. The Morgan fingerprint density at radius 1 is 1.39 bits per heavy atom. The van der Waals surface area contributed by atoms with Crippen LogP contribution < -0.4 is 5.32 Å². The molecule has 1 aliphatic heterocycles. The number of carbonyl (C=O) groups excluding carboxylic acids is 1. The summed E-state index contributed by atoms with van der Waals surface area (Å²) < 4.78 is 65.8. The highest BCUT2D eigenvalue weighted by molar-refractivity contribution is 5.96. The fourth-order valence-corrected chi connectivity index (χ4v) is 2.46. The molecule has 0 saturated heterocycles. The molecular weight excluding hydrogens is 390 g/mol. The van der Waals surface area contributed by atoms with Crippen molar-refractivity contribution in [3.63, 3.8) is 0 Å². The minimum absolute atomic E-state index is 0.269. The van der Waals surface area contributed by atoms with Crippen molar-refractivity contribution in [2.75, 3.05) is 13.2 Å². The minimum Gasteiger partial charge on any atom is -0.444 e. The molecule has 1 amide bonds. The van der Waals surface area contributed by atoms with Gasteiger partial charge >= 0.3 is 6.09 Å². The smallest absolute Gasteiger partial charge is 0.413 e. The summed E-state index contributed by atoms with van der Waals surface area (Å²) in [5, 5.41) is 13.0. The fourth-order valence-electron chi connectivity index (χ4n) is 2.46. The first-order valence-corrected chi connectivity index (χ1v) is 7.94. The summed E-state index contributed by atoms with van der Waals surface area (Å²) in [6, 6.07) is 0.735. The first-order chi connectivity index (χ1) is 12.9. The van der Waals surface area contributed by atoms with E-state index in [0.29, 0.717) is 6.07 Å². The zero-order chi connectivity index (χ0) is 21.3. The molecule has 154 valence electrons. The first kappa shape index (κ1) is 21.5. The molecule has 0 unspecified atom stereocenters. The van der Waals surface area contributed by atoms with Crippen molar-refractivity contribution in [3.8, 4) is 0 Å². The van der Waals surface area contributed by atoms with Gasteiger partial charge in [-0.05, 0) is 20.8 Å². The number of ether oxygens (including phenoxy) is 2. The molecule has 0 fully saturated rings. The fraction of sp³-hybridized carbons (Fsp3) is 0.500. The Labute approximate surface area is 156 Å². The van der Waals surface area contributed by atoms with E-state index < -0.39 is 70.5 Å². The van der Waals surface area contributed by atoms with Crippen molar-refractivity contribution in [1.82, 2.24) is 5.32 Å². The normalized spacial score (nSPS) is 19.9. The highest BCUT2D eigenvalue weighted by Crippen LogP contribution is 2.39. The molecule has 1 atom stereocenters. The highest BCUT2D eigenvalue weighted by atomic mass is 19.3. The third kappa shape index (κ3) is 4.55. The van der Waals surface area contributed by atoms with Crippen molar-refractivity contribution in [2.24, 2.45) is 4.99 Å². The quantitative estimate of drug-likeness (QED) is 0.471. The zero-order valence-electron chi connectivity index (χ0n) is 15.1. The molecule has 0 spiro atoms. The van der Waals surface area contributed by atoms with Gasteiger partial charge in [-0.25, -0.2) is 27.3 Å². The molecule has 8 nitrogen and oxygen atoms in total. The summed E-state index contributed by atoms with van der Waals surface area (Å²) in [4.78, 5) is 25.3. The Morgan fingerprint density at radius 2 is 2.04 bits per heavy atom. The Morgan fingerprint density at radius 3 is 2.57 bits per heavy atom. The number of nitrogens with zero attached hydrogens (tertiary/aromatic N) is 2. The van der Waals surface area contributed by atoms with Crippen molar-refractivity contribution >= 4 is 17.6 Å². The van der Waals surface area contributed by atoms with E-state index in [1.165, 1.54) is 0 Å². The van der Waals surface area contributed by atoms with Crippen molar-refractivity contribution < 1.29 is 36.8 Å². The number of alkyl halides is 2. The predicted octanol–water partition coefficient (Wildman–Crippen LogP) is 3.29. The van der Waals surface area contributed by atoms with Crippen LogP contribution in [-0.2, 0) is 15.0 Å². The number of nitro groups is 1. The molecule has 1 heterocycles. The number of halogens is 4. The van der Waals surface area contributed by atoms with E-state index >= 15 is 0 Å². The molecule has 1 aromatic rings. The molecule has 0 aliphatic carbocycles. The Kier molecular flexibility index (Phi) is 5.92. The Hall–Kier alpha value is -2.76. The van der Waals surface area contributed by atoms with Gasteiger partial charge in [0.25, 0.3) is 12.1 Å². The maximum Gasteiger partial charge on any atom is 0.413 e. The average molecular weight is 407 g/mol. The van der Waals surface area contributed by atoms with Gasteiger partial charge in [0.05, 0.1) is 17.6 Å². The average Bonchev–Trinajstić information content (AvgIpc) is 2.55. The summed E-state index contributed by atoms with van der Waals surface area (Å²) in [5.74, 6) is -3.84. The number of alkyl carbamates (subject to hydrolysis) is 1. The van der Waals surface area contributed by atoms with Crippen LogP contribution in [0.1, 0.15) is 26.3 Å². The van der Waals surface area contributed by atoms with Crippen LogP contribution >= 0.6 is 0 Å². The summed E-state index contributed by atoms with van der Waals surface area (Å²) in [6.45, 7) is 3.40.